The van der Waals surface area contributed by atoms with E-state index in [1.54, 1.807) is 7.05 Å². The van der Waals surface area contributed by atoms with Gasteiger partial charge in [-0.05, 0) is 6.07 Å². The van der Waals surface area contributed by atoms with Gasteiger partial charge in [-0.3, -0.25) is 4.79 Å². The molecule has 2 aromatic rings. The topological polar surface area (TPSA) is 46.9 Å². The van der Waals surface area contributed by atoms with Crippen molar-refractivity contribution in [2.45, 2.75) is 26.4 Å². The monoisotopic (exact) mass is 257 g/mol. The van der Waals surface area contributed by atoms with Crippen LogP contribution in [0.25, 0.3) is 11.3 Å². The third-order valence-corrected chi connectivity index (χ3v) is 2.91. The maximum absolute atomic E-state index is 12.0. The fourth-order valence-electron chi connectivity index (χ4n) is 1.86. The molecule has 0 saturated carbocycles. The largest absolute Gasteiger partial charge is 0.310 e. The summed E-state index contributed by atoms with van der Waals surface area (Å²) >= 11 is 0. The van der Waals surface area contributed by atoms with Crippen LogP contribution in [0.15, 0.2) is 41.2 Å². The second-order valence-corrected chi connectivity index (χ2v) is 4.89. The second-order valence-electron chi connectivity index (χ2n) is 4.89. The van der Waals surface area contributed by atoms with Gasteiger partial charge in [-0.1, -0.05) is 44.2 Å². The lowest BCUT2D eigenvalue weighted by Gasteiger charge is -2.10. The molecule has 0 unspecified atom stereocenters. The van der Waals surface area contributed by atoms with Crippen molar-refractivity contribution < 1.29 is 0 Å². The molecular weight excluding hydrogens is 238 g/mol. The molecule has 100 valence electrons. The van der Waals surface area contributed by atoms with Crippen LogP contribution < -0.4 is 10.9 Å². The number of aryl methyl sites for hydroxylation is 1. The first-order chi connectivity index (χ1) is 9.08. The number of nitrogens with one attached hydrogen (secondary N) is 1. The van der Waals surface area contributed by atoms with Crippen molar-refractivity contribution in [3.05, 3.63) is 52.3 Å². The van der Waals surface area contributed by atoms with Crippen LogP contribution in [0.5, 0.6) is 0 Å². The minimum absolute atomic E-state index is 0.0483. The van der Waals surface area contributed by atoms with Crippen molar-refractivity contribution in [3.63, 3.8) is 0 Å². The smallest absolute Gasteiger partial charge is 0.271 e. The van der Waals surface area contributed by atoms with Gasteiger partial charge in [0.15, 0.2) is 0 Å². The summed E-state index contributed by atoms with van der Waals surface area (Å²) in [6.45, 7) is 4.68. The normalized spacial score (nSPS) is 10.9. The summed E-state index contributed by atoms with van der Waals surface area (Å²) in [6.07, 6.45) is 0. The van der Waals surface area contributed by atoms with Crippen LogP contribution in [0.4, 0.5) is 0 Å². The molecule has 0 aliphatic rings. The Labute approximate surface area is 113 Å². The molecule has 1 N–H and O–H groups in total. The number of hydrogen-bond donors (Lipinski definition) is 1. The minimum atomic E-state index is -0.0483. The molecule has 0 fully saturated rings. The van der Waals surface area contributed by atoms with E-state index in [9.17, 15) is 4.79 Å². The van der Waals surface area contributed by atoms with Crippen LogP contribution >= 0.6 is 0 Å². The van der Waals surface area contributed by atoms with Gasteiger partial charge in [0, 0.05) is 30.8 Å². The highest BCUT2D eigenvalue weighted by Crippen LogP contribution is 2.15. The molecule has 0 radical (unpaired) electrons. The molecule has 2 rings (SSSR count). The van der Waals surface area contributed by atoms with E-state index in [0.29, 0.717) is 12.6 Å². The molecule has 0 aliphatic carbocycles. The first-order valence-corrected chi connectivity index (χ1v) is 6.44. The zero-order chi connectivity index (χ0) is 13.8. The lowest BCUT2D eigenvalue weighted by atomic mass is 10.1. The quantitative estimate of drug-likeness (QED) is 0.910. The van der Waals surface area contributed by atoms with Crippen LogP contribution in [0.3, 0.4) is 0 Å². The lowest BCUT2D eigenvalue weighted by molar-refractivity contribution is 0.577. The molecule has 0 saturated heterocycles. The zero-order valence-electron chi connectivity index (χ0n) is 11.6. The molecule has 0 atom stereocenters. The van der Waals surface area contributed by atoms with Gasteiger partial charge in [0.05, 0.1) is 5.69 Å². The third-order valence-electron chi connectivity index (χ3n) is 2.91. The number of benzene rings is 1. The number of nitrogens with zero attached hydrogens (tertiary/aromatic N) is 2. The molecule has 0 aliphatic heterocycles. The van der Waals surface area contributed by atoms with E-state index in [1.165, 1.54) is 4.68 Å². The van der Waals surface area contributed by atoms with Crippen LogP contribution in [-0.4, -0.2) is 15.8 Å². The first kappa shape index (κ1) is 13.5. The van der Waals surface area contributed by atoms with Crippen LogP contribution in [0.2, 0.25) is 0 Å². The minimum Gasteiger partial charge on any atom is -0.310 e. The molecular formula is C15H19N3O. The Kier molecular flexibility index (Phi) is 4.12. The van der Waals surface area contributed by atoms with Gasteiger partial charge in [-0.25, -0.2) is 4.68 Å². The van der Waals surface area contributed by atoms with E-state index in [1.807, 2.05) is 36.4 Å². The summed E-state index contributed by atoms with van der Waals surface area (Å²) < 4.78 is 1.40. The molecule has 1 aromatic carbocycles. The molecule has 19 heavy (non-hydrogen) atoms. The fraction of sp³-hybridized carbons (Fsp3) is 0.333. The Balaban J connectivity index is 2.39. The van der Waals surface area contributed by atoms with Crippen molar-refractivity contribution in [1.82, 2.24) is 15.1 Å². The lowest BCUT2D eigenvalue weighted by Crippen LogP contribution is -2.30. The van der Waals surface area contributed by atoms with Gasteiger partial charge < -0.3 is 5.32 Å². The molecule has 0 bridgehead atoms. The number of aromatic nitrogens is 2. The van der Waals surface area contributed by atoms with Gasteiger partial charge >= 0.3 is 0 Å². The maximum Gasteiger partial charge on any atom is 0.271 e. The van der Waals surface area contributed by atoms with Gasteiger partial charge in [-0.15, -0.1) is 0 Å². The fourth-order valence-corrected chi connectivity index (χ4v) is 1.86. The van der Waals surface area contributed by atoms with Gasteiger partial charge in [0.2, 0.25) is 0 Å². The summed E-state index contributed by atoms with van der Waals surface area (Å²) in [7, 11) is 1.69. The van der Waals surface area contributed by atoms with E-state index in [0.717, 1.165) is 16.8 Å². The summed E-state index contributed by atoms with van der Waals surface area (Å²) in [6, 6.07) is 12.1. The highest BCUT2D eigenvalue weighted by Gasteiger charge is 2.08. The molecule has 4 heteroatoms. The van der Waals surface area contributed by atoms with Crippen LogP contribution in [-0.2, 0) is 13.6 Å². The molecule has 0 amide bonds. The van der Waals surface area contributed by atoms with Crippen molar-refractivity contribution in [2.75, 3.05) is 0 Å². The van der Waals surface area contributed by atoms with E-state index < -0.39 is 0 Å². The maximum atomic E-state index is 12.0. The summed E-state index contributed by atoms with van der Waals surface area (Å²) in [4.78, 5) is 12.0. The average molecular weight is 257 g/mol. The Hall–Kier alpha value is -1.94. The predicted molar refractivity (Wildman–Crippen MR) is 76.9 cm³/mol. The molecule has 1 aromatic heterocycles. The molecule has 0 spiro atoms. The van der Waals surface area contributed by atoms with E-state index in [4.69, 9.17) is 0 Å². The summed E-state index contributed by atoms with van der Waals surface area (Å²) in [5.74, 6) is 0. The molecule has 4 nitrogen and oxygen atoms in total. The van der Waals surface area contributed by atoms with E-state index in [-0.39, 0.29) is 5.56 Å². The highest BCUT2D eigenvalue weighted by molar-refractivity contribution is 5.58. The van der Waals surface area contributed by atoms with Gasteiger partial charge in [-0.2, -0.15) is 5.10 Å². The zero-order valence-corrected chi connectivity index (χ0v) is 11.6. The van der Waals surface area contributed by atoms with E-state index >= 15 is 0 Å². The van der Waals surface area contributed by atoms with Crippen molar-refractivity contribution >= 4 is 0 Å². The summed E-state index contributed by atoms with van der Waals surface area (Å²) in [5, 5.41) is 7.57. The van der Waals surface area contributed by atoms with Gasteiger partial charge in [0.25, 0.3) is 5.56 Å². The average Bonchev–Trinajstić information content (AvgIpc) is 2.41. The molecule has 1 heterocycles. The van der Waals surface area contributed by atoms with Gasteiger partial charge in [0.1, 0.15) is 0 Å². The predicted octanol–water partition coefficient (Wildman–Crippen LogP) is 1.95. The Morgan fingerprint density at radius 3 is 2.58 bits per heavy atom. The second kappa shape index (κ2) is 5.80. The number of hydrogen-bond acceptors (Lipinski definition) is 3. The summed E-state index contributed by atoms with van der Waals surface area (Å²) in [5.41, 5.74) is 2.53. The third kappa shape index (κ3) is 3.29. The van der Waals surface area contributed by atoms with E-state index in [2.05, 4.69) is 24.3 Å². The van der Waals surface area contributed by atoms with Crippen LogP contribution in [0.1, 0.15) is 19.4 Å². The standard InChI is InChI=1S/C15H19N3O/c1-11(2)16-10-13-9-14(17-18(3)15(13)19)12-7-5-4-6-8-12/h4-9,11,16H,10H2,1-3H3. The Bertz CT molecular complexity index is 603. The Morgan fingerprint density at radius 1 is 1.26 bits per heavy atom. The Morgan fingerprint density at radius 2 is 1.95 bits per heavy atom. The van der Waals surface area contributed by atoms with Crippen molar-refractivity contribution in [2.24, 2.45) is 7.05 Å². The number of rotatable bonds is 4. The SMILES string of the molecule is CC(C)NCc1cc(-c2ccccc2)nn(C)c1=O. The van der Waals surface area contributed by atoms with Crippen molar-refractivity contribution in [1.29, 1.82) is 0 Å². The highest BCUT2D eigenvalue weighted by atomic mass is 16.1. The first-order valence-electron chi connectivity index (χ1n) is 6.44. The van der Waals surface area contributed by atoms with Crippen molar-refractivity contribution in [3.8, 4) is 11.3 Å². The van der Waals surface area contributed by atoms with Crippen LogP contribution in [0, 0.1) is 0 Å².